The predicted octanol–water partition coefficient (Wildman–Crippen LogP) is 0.771. The van der Waals surface area contributed by atoms with E-state index < -0.39 is 5.91 Å². The van der Waals surface area contributed by atoms with Gasteiger partial charge in [-0.3, -0.25) is 9.59 Å². The molecular weight excluding hydrogens is 358 g/mol. The number of quaternary nitrogens is 1. The van der Waals surface area contributed by atoms with Crippen molar-refractivity contribution in [2.24, 2.45) is 5.73 Å². The van der Waals surface area contributed by atoms with Gasteiger partial charge in [-0.05, 0) is 48.9 Å². The van der Waals surface area contributed by atoms with Crippen LogP contribution in [0.25, 0.3) is 0 Å². The Balaban J connectivity index is 1.68. The minimum atomic E-state index is -0.491. The molecule has 0 fully saturated rings. The van der Waals surface area contributed by atoms with Crippen molar-refractivity contribution in [3.05, 3.63) is 53.1 Å². The molecule has 0 radical (unpaired) electrons. The topological polar surface area (TPSA) is 95.1 Å². The highest BCUT2D eigenvalue weighted by molar-refractivity contribution is 5.95. The molecule has 0 saturated heterocycles. The number of nitrogens with one attached hydrogen (secondary N) is 2. The van der Waals surface area contributed by atoms with Crippen molar-refractivity contribution in [2.45, 2.75) is 25.9 Å². The van der Waals surface area contributed by atoms with Crippen molar-refractivity contribution < 1.29 is 24.0 Å². The lowest BCUT2D eigenvalue weighted by molar-refractivity contribution is -0.929. The molecule has 0 spiro atoms. The second-order valence-electron chi connectivity index (χ2n) is 6.96. The van der Waals surface area contributed by atoms with Crippen LogP contribution in [0.4, 0.5) is 5.69 Å². The Hall–Kier alpha value is -3.06. The van der Waals surface area contributed by atoms with E-state index in [0.717, 1.165) is 25.3 Å². The maximum atomic E-state index is 12.7. The average Bonchev–Trinajstić information content (AvgIpc) is 2.71. The zero-order valence-corrected chi connectivity index (χ0v) is 16.4. The highest BCUT2D eigenvalue weighted by Gasteiger charge is 2.30. The van der Waals surface area contributed by atoms with Crippen LogP contribution in [0.15, 0.2) is 36.4 Å². The number of nitrogens with two attached hydrogens (primary N) is 1. The van der Waals surface area contributed by atoms with E-state index in [1.165, 1.54) is 16.0 Å². The van der Waals surface area contributed by atoms with E-state index in [-0.39, 0.29) is 11.9 Å². The number of rotatable bonds is 6. The number of hydrogen-bond donors (Lipinski definition) is 3. The summed E-state index contributed by atoms with van der Waals surface area (Å²) in [4.78, 5) is 25.0. The number of fused-ring (bicyclic) bond motifs is 1. The number of carbonyl (C=O) groups is 2. The summed E-state index contributed by atoms with van der Waals surface area (Å²) in [6.07, 6.45) is 0.871. The molecule has 7 nitrogen and oxygen atoms in total. The quantitative estimate of drug-likeness (QED) is 0.686. The van der Waals surface area contributed by atoms with Gasteiger partial charge < -0.3 is 25.4 Å². The number of carbonyl (C=O) groups excluding carboxylic acids is 2. The molecule has 2 aromatic rings. The molecule has 7 heteroatoms. The van der Waals surface area contributed by atoms with Gasteiger partial charge >= 0.3 is 0 Å². The van der Waals surface area contributed by atoms with Gasteiger partial charge in [0.1, 0.15) is 6.54 Å². The lowest BCUT2D eigenvalue weighted by Gasteiger charge is -2.30. The average molecular weight is 384 g/mol. The summed E-state index contributed by atoms with van der Waals surface area (Å²) in [5.74, 6) is 0.879. The fraction of sp³-hybridized carbons (Fsp3) is 0.333. The summed E-state index contributed by atoms with van der Waals surface area (Å²) in [5.41, 5.74) is 8.70. The molecule has 1 heterocycles. The summed E-state index contributed by atoms with van der Waals surface area (Å²) < 4.78 is 10.8. The third-order valence-corrected chi connectivity index (χ3v) is 5.28. The Labute approximate surface area is 164 Å². The molecule has 1 aliphatic rings. The first-order chi connectivity index (χ1) is 13.4. The normalized spacial score (nSPS) is 16.6. The second kappa shape index (κ2) is 8.31. The first kappa shape index (κ1) is 19.7. The summed E-state index contributed by atoms with van der Waals surface area (Å²) in [7, 11) is 3.25. The standard InChI is InChI=1S/C21H25N3O4/c1-13(21(26)23-17-6-4-14(5-7-17)20(22)25)24-9-8-15-10-18(27-2)19(28-3)11-16(15)12-24/h4-7,10-11,13H,8-9,12H2,1-3H3,(H2,22,25)(H,23,26)/p+1/t13-/m1/s1. The van der Waals surface area contributed by atoms with Crippen molar-refractivity contribution >= 4 is 17.5 Å². The number of methoxy groups -OCH3 is 2. The van der Waals surface area contributed by atoms with Crippen LogP contribution < -0.4 is 25.4 Å². The first-order valence-corrected chi connectivity index (χ1v) is 9.22. The number of primary amides is 1. The van der Waals surface area contributed by atoms with Crippen LogP contribution in [-0.4, -0.2) is 38.6 Å². The zero-order chi connectivity index (χ0) is 20.3. The maximum absolute atomic E-state index is 12.7. The lowest BCUT2D eigenvalue weighted by atomic mass is 9.97. The Morgan fingerprint density at radius 1 is 1.07 bits per heavy atom. The molecule has 0 aliphatic carbocycles. The van der Waals surface area contributed by atoms with Gasteiger partial charge in [0, 0.05) is 23.2 Å². The molecule has 148 valence electrons. The van der Waals surface area contributed by atoms with Crippen molar-refractivity contribution in [1.82, 2.24) is 0 Å². The van der Waals surface area contributed by atoms with Gasteiger partial charge in [0.05, 0.1) is 20.8 Å². The Bertz CT molecular complexity index is 880. The minimum Gasteiger partial charge on any atom is -0.493 e. The van der Waals surface area contributed by atoms with Crippen LogP contribution >= 0.6 is 0 Å². The smallest absolute Gasteiger partial charge is 0.282 e. The summed E-state index contributed by atoms with van der Waals surface area (Å²) >= 11 is 0. The molecule has 28 heavy (non-hydrogen) atoms. The van der Waals surface area contributed by atoms with E-state index in [1.54, 1.807) is 38.5 Å². The molecular formula is C21H26N3O4+. The van der Waals surface area contributed by atoms with Gasteiger partial charge in [-0.1, -0.05) is 0 Å². The van der Waals surface area contributed by atoms with Crippen LogP contribution in [0.1, 0.15) is 28.4 Å². The van der Waals surface area contributed by atoms with E-state index in [9.17, 15) is 9.59 Å². The van der Waals surface area contributed by atoms with Crippen molar-refractivity contribution in [3.8, 4) is 11.5 Å². The SMILES string of the molecule is COc1cc2c(cc1OC)C[NH+]([C@H](C)C(=O)Nc1ccc(C(N)=O)cc1)CC2. The molecule has 0 saturated carbocycles. The predicted molar refractivity (Wildman–Crippen MR) is 106 cm³/mol. The van der Waals surface area contributed by atoms with Crippen LogP contribution in [0.5, 0.6) is 11.5 Å². The number of benzene rings is 2. The number of hydrogen-bond acceptors (Lipinski definition) is 4. The molecule has 3 rings (SSSR count). The Kier molecular flexibility index (Phi) is 5.84. The summed E-state index contributed by atoms with van der Waals surface area (Å²) in [6.45, 7) is 3.52. The fourth-order valence-electron chi connectivity index (χ4n) is 3.51. The summed E-state index contributed by atoms with van der Waals surface area (Å²) in [5, 5.41) is 2.91. The third-order valence-electron chi connectivity index (χ3n) is 5.28. The van der Waals surface area contributed by atoms with Gasteiger partial charge in [0.2, 0.25) is 5.91 Å². The second-order valence-corrected chi connectivity index (χ2v) is 6.96. The maximum Gasteiger partial charge on any atom is 0.282 e. The zero-order valence-electron chi connectivity index (χ0n) is 16.4. The van der Waals surface area contributed by atoms with Crippen LogP contribution in [0.2, 0.25) is 0 Å². The Morgan fingerprint density at radius 2 is 1.68 bits per heavy atom. The Morgan fingerprint density at radius 3 is 2.25 bits per heavy atom. The number of anilines is 1. The van der Waals surface area contributed by atoms with E-state index in [4.69, 9.17) is 15.2 Å². The van der Waals surface area contributed by atoms with Crippen molar-refractivity contribution in [3.63, 3.8) is 0 Å². The largest absolute Gasteiger partial charge is 0.493 e. The van der Waals surface area contributed by atoms with Crippen LogP contribution in [0, 0.1) is 0 Å². The van der Waals surface area contributed by atoms with Gasteiger partial charge in [-0.15, -0.1) is 0 Å². The first-order valence-electron chi connectivity index (χ1n) is 9.22. The van der Waals surface area contributed by atoms with Crippen molar-refractivity contribution in [2.75, 3.05) is 26.1 Å². The number of ether oxygens (including phenoxy) is 2. The molecule has 0 bridgehead atoms. The molecule has 4 N–H and O–H groups in total. The monoisotopic (exact) mass is 384 g/mol. The van der Waals surface area contributed by atoms with E-state index in [1.807, 2.05) is 19.1 Å². The van der Waals surface area contributed by atoms with Crippen molar-refractivity contribution in [1.29, 1.82) is 0 Å². The van der Waals surface area contributed by atoms with Gasteiger partial charge in [0.15, 0.2) is 17.5 Å². The molecule has 1 aliphatic heterocycles. The van der Waals surface area contributed by atoms with Gasteiger partial charge in [0.25, 0.3) is 5.91 Å². The van der Waals surface area contributed by atoms with Gasteiger partial charge in [-0.25, -0.2) is 0 Å². The van der Waals surface area contributed by atoms with E-state index in [0.29, 0.717) is 17.0 Å². The van der Waals surface area contributed by atoms with E-state index in [2.05, 4.69) is 5.32 Å². The summed E-state index contributed by atoms with van der Waals surface area (Å²) in [6, 6.07) is 10.4. The minimum absolute atomic E-state index is 0.0641. The molecule has 1 unspecified atom stereocenters. The van der Waals surface area contributed by atoms with E-state index >= 15 is 0 Å². The lowest BCUT2D eigenvalue weighted by Crippen LogP contribution is -3.16. The molecule has 0 aromatic heterocycles. The number of amides is 2. The van der Waals surface area contributed by atoms with Crippen LogP contribution in [-0.2, 0) is 17.8 Å². The highest BCUT2D eigenvalue weighted by atomic mass is 16.5. The fourth-order valence-corrected chi connectivity index (χ4v) is 3.51. The molecule has 2 atom stereocenters. The van der Waals surface area contributed by atoms with Gasteiger partial charge in [-0.2, -0.15) is 0 Å². The molecule has 2 aromatic carbocycles. The van der Waals surface area contributed by atoms with Crippen LogP contribution in [0.3, 0.4) is 0 Å². The molecule has 2 amide bonds. The third kappa shape index (κ3) is 4.09. The highest BCUT2D eigenvalue weighted by Crippen LogP contribution is 2.31.